The van der Waals surface area contributed by atoms with Crippen molar-refractivity contribution < 1.29 is 43.6 Å². The number of thiazole rings is 4. The zero-order chi connectivity index (χ0) is 71.6. The van der Waals surface area contributed by atoms with Gasteiger partial charge in [0.1, 0.15) is 48.0 Å². The van der Waals surface area contributed by atoms with Gasteiger partial charge < -0.3 is 15.0 Å². The third-order valence-electron chi connectivity index (χ3n) is 13.1. The number of halogens is 3. The molecule has 0 radical (unpaired) electrons. The summed E-state index contributed by atoms with van der Waals surface area (Å²) in [4.78, 5) is 127. The van der Waals surface area contributed by atoms with Crippen LogP contribution >= 0.6 is 80.1 Å². The molecule has 3 aromatic carbocycles. The number of hydrogen-bond acceptors (Lipinski definition) is 22. The largest absolute Gasteiger partial charge is 0.488 e. The molecule has 0 saturated heterocycles. The molecule has 9 heterocycles. The number of aromatic amines is 1. The predicted octanol–water partition coefficient (Wildman–Crippen LogP) is 14.2. The van der Waals surface area contributed by atoms with Gasteiger partial charge in [-0.2, -0.15) is 0 Å². The summed E-state index contributed by atoms with van der Waals surface area (Å²) in [5.74, 6) is 1.60. The molecule has 1 amide bonds. The van der Waals surface area contributed by atoms with E-state index in [-0.39, 0.29) is 40.0 Å². The third-order valence-corrected chi connectivity index (χ3v) is 24.0. The van der Waals surface area contributed by atoms with Crippen LogP contribution in [0, 0.1) is 0 Å². The summed E-state index contributed by atoms with van der Waals surface area (Å²) in [5.41, 5.74) is 8.83. The first-order chi connectivity index (χ1) is 47.4. The van der Waals surface area contributed by atoms with Gasteiger partial charge >= 0.3 is 96.0 Å². The van der Waals surface area contributed by atoms with Crippen LogP contribution in [0.25, 0.3) is 64.9 Å². The molecule has 29 heteroatoms. The van der Waals surface area contributed by atoms with E-state index in [2.05, 4.69) is 71.1 Å². The first kappa shape index (κ1) is 77.5. The number of benzene rings is 3. The number of H-pyrrole nitrogens is 1. The number of aromatic nitrogens is 10. The van der Waals surface area contributed by atoms with E-state index < -0.39 is 25.5 Å². The van der Waals surface area contributed by atoms with Crippen LogP contribution in [0.3, 0.4) is 0 Å². The Morgan fingerprint density at radius 2 is 0.929 bits per heavy atom. The number of carbonyl (C=O) groups excluding carboxylic acids is 7. The molecule has 504 valence electrons. The van der Waals surface area contributed by atoms with Gasteiger partial charge in [0, 0.05) is 95.1 Å². The van der Waals surface area contributed by atoms with Crippen LogP contribution in [0.2, 0.25) is 29.6 Å². The Morgan fingerprint density at radius 3 is 1.33 bits per heavy atom. The maximum atomic E-state index is 11.4. The number of pyridine rings is 4. The average Bonchev–Trinajstić information content (AvgIpc) is 1.67. The smallest absolute Gasteiger partial charge is 0.423 e. The molecule has 12 rings (SSSR count). The maximum Gasteiger partial charge on any atom is 0.488 e. The molecule has 0 spiro atoms. The molecular formula is C70H63BCl3N11O9S4Sn. The van der Waals surface area contributed by atoms with Gasteiger partial charge in [0.25, 0.3) is 0 Å². The average molecular weight is 1570 g/mol. The van der Waals surface area contributed by atoms with Crippen molar-refractivity contribution in [3.8, 4) is 64.9 Å². The Labute approximate surface area is 606 Å². The minimum atomic E-state index is -2.02. The molecule has 12 aromatic rings. The third kappa shape index (κ3) is 24.5. The summed E-state index contributed by atoms with van der Waals surface area (Å²) in [7, 11) is -1.34. The molecule has 20 nitrogen and oxygen atoms in total. The van der Waals surface area contributed by atoms with Crippen molar-refractivity contribution in [1.82, 2.24) is 49.8 Å². The molecule has 9 aromatic heterocycles. The minimum Gasteiger partial charge on any atom is -0.423 e. The quantitative estimate of drug-likeness (QED) is 0.0458. The van der Waals surface area contributed by atoms with Gasteiger partial charge in [-0.3, -0.25) is 43.7 Å². The van der Waals surface area contributed by atoms with Gasteiger partial charge in [0.2, 0.25) is 0 Å². The van der Waals surface area contributed by atoms with E-state index in [9.17, 15) is 33.6 Å². The van der Waals surface area contributed by atoms with E-state index in [1.54, 1.807) is 91.8 Å². The van der Waals surface area contributed by atoms with Gasteiger partial charge in [-0.1, -0.05) is 137 Å². The fraction of sp³-hybridized carbons (Fsp3) is 0.143. The number of imidazole rings is 1. The van der Waals surface area contributed by atoms with Crippen LogP contribution in [0.15, 0.2) is 177 Å². The number of nitrogens with one attached hydrogen (secondary N) is 2. The van der Waals surface area contributed by atoms with E-state index in [4.69, 9.17) is 49.8 Å². The number of carbonyl (C=O) groups is 7. The second-order valence-corrected chi connectivity index (χ2v) is 42.0. The molecule has 0 aliphatic rings. The van der Waals surface area contributed by atoms with Gasteiger partial charge in [0.05, 0.1) is 21.1 Å². The van der Waals surface area contributed by atoms with Crippen molar-refractivity contribution in [2.45, 2.75) is 61.8 Å². The van der Waals surface area contributed by atoms with E-state index in [1.165, 1.54) is 47.0 Å². The molecule has 0 fully saturated rings. The first-order valence-electron chi connectivity index (χ1n) is 29.9. The van der Waals surface area contributed by atoms with E-state index in [0.717, 1.165) is 77.5 Å². The minimum absolute atomic E-state index is 0.0467. The number of nitrogens with zero attached hydrogens (tertiary/aromatic N) is 9. The van der Waals surface area contributed by atoms with Crippen molar-refractivity contribution in [2.24, 2.45) is 0 Å². The molecule has 0 atom stereocenters. The maximum absolute atomic E-state index is 11.4. The molecule has 99 heavy (non-hydrogen) atoms. The SMILES string of the molecule is CC(=O)Cc1cc(-c2nc(-c3ccccc3)c(-c3ncc[nH]3)s2)ccn1.CC(=O)Cc1cc(-c2nc(-c3ccccc3)c(C=O)s2)ccn1.CC(=O)Cc1cc(-c2nc(Cl)c(C=O)s2)ccn1.CC(=O)Nc1c[c]([Sn]([CH3])([CH3])[CH3])ccn1.O=Cc1sc(Cl)nc1Cl.OB(O)c1ccccc1. The number of amides is 1. The fourth-order valence-electron chi connectivity index (χ4n) is 8.65. The topological polar surface area (TPSA) is 304 Å². The van der Waals surface area contributed by atoms with Crippen LogP contribution < -0.4 is 14.4 Å². The Balaban J connectivity index is 0.000000174. The molecule has 4 N–H and O–H groups in total. The molecular weight excluding hydrogens is 1500 g/mol. The first-order valence-corrected chi connectivity index (χ1v) is 44.3. The number of hydrogen-bond donors (Lipinski definition) is 4. The number of anilines is 1. The Bertz CT molecular complexity index is 4690. The van der Waals surface area contributed by atoms with Gasteiger partial charge in [-0.15, -0.1) is 34.0 Å². The molecule has 0 aliphatic heterocycles. The summed E-state index contributed by atoms with van der Waals surface area (Å²) >= 11 is 19.8. The van der Waals surface area contributed by atoms with Crippen LogP contribution in [0.1, 0.15) is 73.8 Å². The Hall–Kier alpha value is -8.87. The van der Waals surface area contributed by atoms with Crippen molar-refractivity contribution >= 4 is 163 Å². The number of Topliss-reactive ketones (excluding diaryl/α,β-unsaturated/α-hetero) is 3. The van der Waals surface area contributed by atoms with Crippen LogP contribution in [-0.2, 0) is 38.4 Å². The second-order valence-electron chi connectivity index (χ2n) is 22.1. The molecule has 0 saturated carbocycles. The molecule has 0 unspecified atom stereocenters. The van der Waals surface area contributed by atoms with Crippen molar-refractivity contribution in [1.29, 1.82) is 0 Å². The zero-order valence-corrected chi connectivity index (χ0v) is 62.6. The molecule has 0 aliphatic carbocycles. The van der Waals surface area contributed by atoms with Crippen molar-refractivity contribution in [2.75, 3.05) is 5.32 Å². The van der Waals surface area contributed by atoms with Crippen LogP contribution in [0.5, 0.6) is 0 Å². The van der Waals surface area contributed by atoms with E-state index >= 15 is 0 Å². The van der Waals surface area contributed by atoms with Gasteiger partial charge in [-0.05, 0) is 62.6 Å². The van der Waals surface area contributed by atoms with Crippen LogP contribution in [-0.4, -0.2) is 127 Å². The van der Waals surface area contributed by atoms with Crippen molar-refractivity contribution in [3.05, 3.63) is 223 Å². The predicted molar refractivity (Wildman–Crippen MR) is 399 cm³/mol. The fourth-order valence-corrected chi connectivity index (χ4v) is 16.1. The molecule has 0 bridgehead atoms. The number of rotatable bonds is 18. The van der Waals surface area contributed by atoms with Gasteiger partial charge in [-0.25, -0.2) is 24.9 Å². The summed E-state index contributed by atoms with van der Waals surface area (Å²) in [6.45, 7) is 6.11. The normalized spacial score (nSPS) is 10.4. The summed E-state index contributed by atoms with van der Waals surface area (Å²) in [5, 5.41) is 22.5. The Kier molecular flexibility index (Phi) is 30.1. The Morgan fingerprint density at radius 1 is 0.495 bits per heavy atom. The standard InChI is InChI=1S/C20H16N4OS.C18H14N2O2S.C12H9ClN2O2S.C7H7N2O.C6H7BO2.C4HCl2NOS.3CH3.Sn/c1-13(25)11-16-12-15(7-8-21-16)20-24-17(14-5-3-2-4-6-14)18(26-20)19-22-9-10-23-19;1-12(22)9-15-10-14(7-8-19-15)18-20-17(16(11-21)23-18)13-5-3-2-4-6-13;1-7(17)4-9-5-8(2-3-14-9)12-15-11(13)10(6-16)18-12;1-6(10)9-7-4-2-3-5-8-7;8-7(9)6-4-2-1-3-5-6;5-3-2(1-8)9-4(6)7-3;;;;/h2-10,12H,11H2,1H3,(H,22,23);2-8,10-11H,9H2,1H3;2-3,5-6H,4H2,1H3;3-5H,1H3,(H,8,9,10);1-5,8-9H;1H;3*1H3;. The summed E-state index contributed by atoms with van der Waals surface area (Å²) in [6.07, 6.45) is 13.4. The zero-order valence-electron chi connectivity index (χ0n) is 54.2. The number of aldehydes is 3. The second kappa shape index (κ2) is 38.5. The summed E-state index contributed by atoms with van der Waals surface area (Å²) < 4.78 is 1.67. The van der Waals surface area contributed by atoms with E-state index in [1.807, 2.05) is 97.1 Å². The number of ketones is 3. The van der Waals surface area contributed by atoms with Crippen LogP contribution in [0.4, 0.5) is 5.82 Å². The summed E-state index contributed by atoms with van der Waals surface area (Å²) in [6, 6.07) is 43.5. The monoisotopic (exact) mass is 1570 g/mol. The van der Waals surface area contributed by atoms with Gasteiger partial charge in [0.15, 0.2) is 33.6 Å². The van der Waals surface area contributed by atoms with E-state index in [0.29, 0.717) is 77.9 Å². The van der Waals surface area contributed by atoms with Crippen molar-refractivity contribution in [3.63, 3.8) is 0 Å².